The van der Waals surface area contributed by atoms with Crippen LogP contribution in [0, 0.1) is 5.92 Å². The lowest BCUT2D eigenvalue weighted by Crippen LogP contribution is -2.37. The Bertz CT molecular complexity index is 298. The van der Waals surface area contributed by atoms with Gasteiger partial charge in [-0.3, -0.25) is 14.5 Å². The van der Waals surface area contributed by atoms with Crippen molar-refractivity contribution in [2.24, 2.45) is 5.92 Å². The molecule has 0 bridgehead atoms. The van der Waals surface area contributed by atoms with Crippen LogP contribution in [0.1, 0.15) is 39.0 Å². The predicted octanol–water partition coefficient (Wildman–Crippen LogP) is 0.956. The minimum atomic E-state index is 0.0268. The maximum Gasteiger partial charge on any atom is 0.217 e. The fourth-order valence-corrected chi connectivity index (χ4v) is 2.98. The average molecular weight is 238 g/mol. The second-order valence-corrected chi connectivity index (χ2v) is 5.37. The lowest BCUT2D eigenvalue weighted by molar-refractivity contribution is -0.123. The molecule has 1 atom stereocenters. The third-order valence-electron chi connectivity index (χ3n) is 3.87. The molecule has 0 aromatic heterocycles. The van der Waals surface area contributed by atoms with Crippen LogP contribution in [0.15, 0.2) is 0 Å². The second kappa shape index (κ2) is 5.63. The van der Waals surface area contributed by atoms with Crippen LogP contribution in [0.25, 0.3) is 0 Å². The van der Waals surface area contributed by atoms with Gasteiger partial charge in [0.15, 0.2) is 0 Å². The number of amides is 1. The summed E-state index contributed by atoms with van der Waals surface area (Å²) in [5.74, 6) is 0.750. The Morgan fingerprint density at radius 3 is 2.59 bits per heavy atom. The van der Waals surface area contributed by atoms with Gasteiger partial charge in [-0.1, -0.05) is 12.8 Å². The third kappa shape index (κ3) is 3.53. The molecule has 0 spiro atoms. The molecule has 4 heteroatoms. The average Bonchev–Trinajstić information content (AvgIpc) is 2.87. The number of hydrogen-bond donors (Lipinski definition) is 1. The summed E-state index contributed by atoms with van der Waals surface area (Å²) in [4.78, 5) is 25.1. The van der Waals surface area contributed by atoms with E-state index in [1.165, 1.54) is 12.8 Å². The van der Waals surface area contributed by atoms with Gasteiger partial charge >= 0.3 is 0 Å². The smallest absolute Gasteiger partial charge is 0.217 e. The molecule has 1 heterocycles. The van der Waals surface area contributed by atoms with Crippen LogP contribution in [0.3, 0.4) is 0 Å². The highest BCUT2D eigenvalue weighted by molar-refractivity contribution is 5.83. The highest BCUT2D eigenvalue weighted by Crippen LogP contribution is 2.26. The molecule has 96 valence electrons. The van der Waals surface area contributed by atoms with Gasteiger partial charge in [0.2, 0.25) is 5.91 Å². The quantitative estimate of drug-likeness (QED) is 0.793. The van der Waals surface area contributed by atoms with Crippen molar-refractivity contribution in [3.05, 3.63) is 0 Å². The van der Waals surface area contributed by atoms with Crippen molar-refractivity contribution in [1.82, 2.24) is 10.2 Å². The Kier molecular flexibility index (Phi) is 4.15. The molecule has 1 saturated carbocycles. The number of carbonyl (C=O) groups excluding carboxylic acids is 2. The van der Waals surface area contributed by atoms with Crippen molar-refractivity contribution in [2.75, 3.05) is 19.6 Å². The number of nitrogens with zero attached hydrogens (tertiary/aromatic N) is 1. The van der Waals surface area contributed by atoms with E-state index in [-0.39, 0.29) is 11.9 Å². The van der Waals surface area contributed by atoms with Gasteiger partial charge in [0.25, 0.3) is 0 Å². The Hall–Kier alpha value is -0.900. The summed E-state index contributed by atoms with van der Waals surface area (Å²) in [6.45, 7) is 3.90. The number of likely N-dealkylation sites (tertiary alicyclic amines) is 1. The van der Waals surface area contributed by atoms with Crippen molar-refractivity contribution in [3.8, 4) is 0 Å². The predicted molar refractivity (Wildman–Crippen MR) is 65.6 cm³/mol. The molecule has 1 saturated heterocycles. The summed E-state index contributed by atoms with van der Waals surface area (Å²) in [5, 5.41) is 2.92. The SMILES string of the molecule is CC(=O)NC1CCN(CC(=O)C2CCCC2)C1. The summed E-state index contributed by atoms with van der Waals surface area (Å²) >= 11 is 0. The summed E-state index contributed by atoms with van der Waals surface area (Å²) in [6.07, 6.45) is 5.57. The fourth-order valence-electron chi connectivity index (χ4n) is 2.98. The molecule has 1 amide bonds. The van der Waals surface area contributed by atoms with E-state index in [0.717, 1.165) is 32.4 Å². The number of ketones is 1. The van der Waals surface area contributed by atoms with Gasteiger partial charge in [-0.15, -0.1) is 0 Å². The van der Waals surface area contributed by atoms with Crippen molar-refractivity contribution >= 4 is 11.7 Å². The van der Waals surface area contributed by atoms with Gasteiger partial charge in [-0.05, 0) is 19.3 Å². The van der Waals surface area contributed by atoms with Crippen LogP contribution in [-0.2, 0) is 9.59 Å². The highest BCUT2D eigenvalue weighted by Gasteiger charge is 2.28. The number of Topliss-reactive ketones (excluding diaryl/α,β-unsaturated/α-hetero) is 1. The van der Waals surface area contributed by atoms with E-state index in [1.807, 2.05) is 0 Å². The van der Waals surface area contributed by atoms with Crippen LogP contribution >= 0.6 is 0 Å². The molecular weight excluding hydrogens is 216 g/mol. The largest absolute Gasteiger partial charge is 0.352 e. The highest BCUT2D eigenvalue weighted by atomic mass is 16.1. The zero-order valence-corrected chi connectivity index (χ0v) is 10.6. The zero-order chi connectivity index (χ0) is 12.3. The van der Waals surface area contributed by atoms with Gasteiger partial charge in [-0.25, -0.2) is 0 Å². The van der Waals surface area contributed by atoms with E-state index in [1.54, 1.807) is 6.92 Å². The van der Waals surface area contributed by atoms with Crippen LogP contribution in [0.5, 0.6) is 0 Å². The van der Waals surface area contributed by atoms with Crippen LogP contribution in [-0.4, -0.2) is 42.3 Å². The number of hydrogen-bond acceptors (Lipinski definition) is 3. The second-order valence-electron chi connectivity index (χ2n) is 5.37. The summed E-state index contributed by atoms with van der Waals surface area (Å²) in [6, 6.07) is 0.240. The number of rotatable bonds is 4. The molecule has 1 unspecified atom stereocenters. The molecule has 0 aromatic rings. The zero-order valence-electron chi connectivity index (χ0n) is 10.6. The topological polar surface area (TPSA) is 49.4 Å². The maximum atomic E-state index is 12.0. The first-order chi connectivity index (χ1) is 8.15. The fraction of sp³-hybridized carbons (Fsp3) is 0.846. The Morgan fingerprint density at radius 1 is 1.24 bits per heavy atom. The summed E-state index contributed by atoms with van der Waals surface area (Å²) in [5.41, 5.74) is 0. The van der Waals surface area contributed by atoms with Gasteiger partial charge in [0, 0.05) is 32.0 Å². The van der Waals surface area contributed by atoms with E-state index in [4.69, 9.17) is 0 Å². The molecule has 2 fully saturated rings. The Labute approximate surface area is 103 Å². The van der Waals surface area contributed by atoms with E-state index in [2.05, 4.69) is 10.2 Å². The number of nitrogens with one attached hydrogen (secondary N) is 1. The van der Waals surface area contributed by atoms with Gasteiger partial charge in [0.1, 0.15) is 5.78 Å². The van der Waals surface area contributed by atoms with E-state index in [0.29, 0.717) is 18.2 Å². The van der Waals surface area contributed by atoms with Gasteiger partial charge < -0.3 is 5.32 Å². The summed E-state index contributed by atoms with van der Waals surface area (Å²) < 4.78 is 0. The van der Waals surface area contributed by atoms with Crippen LogP contribution in [0.4, 0.5) is 0 Å². The van der Waals surface area contributed by atoms with Gasteiger partial charge in [0.05, 0.1) is 6.54 Å². The summed E-state index contributed by atoms with van der Waals surface area (Å²) in [7, 11) is 0. The van der Waals surface area contributed by atoms with E-state index >= 15 is 0 Å². The molecule has 1 aliphatic heterocycles. The van der Waals surface area contributed by atoms with Crippen molar-refractivity contribution in [1.29, 1.82) is 0 Å². The standard InChI is InChI=1S/C13H22N2O2/c1-10(16)14-12-6-7-15(8-12)9-13(17)11-4-2-3-5-11/h11-12H,2-9H2,1H3,(H,14,16). The molecule has 1 N–H and O–H groups in total. The third-order valence-corrected chi connectivity index (χ3v) is 3.87. The first kappa shape index (κ1) is 12.6. The Balaban J connectivity index is 1.73. The molecule has 2 aliphatic rings. The maximum absolute atomic E-state index is 12.0. The lowest BCUT2D eigenvalue weighted by Gasteiger charge is -2.17. The van der Waals surface area contributed by atoms with E-state index < -0.39 is 0 Å². The number of carbonyl (C=O) groups is 2. The first-order valence-corrected chi connectivity index (χ1v) is 6.67. The molecular formula is C13H22N2O2. The monoisotopic (exact) mass is 238 g/mol. The molecule has 17 heavy (non-hydrogen) atoms. The molecule has 0 radical (unpaired) electrons. The van der Waals surface area contributed by atoms with E-state index in [9.17, 15) is 9.59 Å². The molecule has 2 rings (SSSR count). The normalized spacial score (nSPS) is 26.3. The van der Waals surface area contributed by atoms with Crippen molar-refractivity contribution in [2.45, 2.75) is 45.1 Å². The first-order valence-electron chi connectivity index (χ1n) is 6.67. The molecule has 0 aromatic carbocycles. The van der Waals surface area contributed by atoms with Crippen LogP contribution < -0.4 is 5.32 Å². The minimum absolute atomic E-state index is 0.0268. The molecule has 4 nitrogen and oxygen atoms in total. The Morgan fingerprint density at radius 2 is 1.94 bits per heavy atom. The molecule has 1 aliphatic carbocycles. The van der Waals surface area contributed by atoms with Crippen molar-refractivity contribution in [3.63, 3.8) is 0 Å². The minimum Gasteiger partial charge on any atom is -0.352 e. The van der Waals surface area contributed by atoms with Gasteiger partial charge in [-0.2, -0.15) is 0 Å². The lowest BCUT2D eigenvalue weighted by atomic mass is 10.0. The van der Waals surface area contributed by atoms with Crippen LogP contribution in [0.2, 0.25) is 0 Å². The van der Waals surface area contributed by atoms with Crippen molar-refractivity contribution < 1.29 is 9.59 Å².